The van der Waals surface area contributed by atoms with Crippen LogP contribution in [0.25, 0.3) is 11.3 Å². The van der Waals surface area contributed by atoms with Crippen molar-refractivity contribution >= 4 is 6.29 Å². The Kier molecular flexibility index (Phi) is 5.32. The largest absolute Gasteiger partial charge is 0.388 e. The molecular formula is C13H18N4O2. The van der Waals surface area contributed by atoms with E-state index >= 15 is 0 Å². The summed E-state index contributed by atoms with van der Waals surface area (Å²) in [5, 5.41) is 4.17. The molecule has 2 aromatic heterocycles. The van der Waals surface area contributed by atoms with E-state index in [2.05, 4.69) is 19.8 Å². The van der Waals surface area contributed by atoms with Crippen molar-refractivity contribution in [3.05, 3.63) is 29.5 Å². The van der Waals surface area contributed by atoms with Gasteiger partial charge in [0.2, 0.25) is 0 Å². The van der Waals surface area contributed by atoms with Crippen LogP contribution in [0.15, 0.2) is 12.4 Å². The first-order valence-corrected chi connectivity index (χ1v) is 5.73. The molecule has 0 saturated heterocycles. The standard InChI is InChI=1S/C11H12N4O.C2H6O/c1-7-4-13-15(3)11(7)9-5-12-10(6-16)14-8(9)2;1-3-2/h4-6H,1-3H3;1-2H3. The topological polar surface area (TPSA) is 69.9 Å². The summed E-state index contributed by atoms with van der Waals surface area (Å²) in [6.45, 7) is 3.84. The molecule has 2 heterocycles. The Labute approximate surface area is 112 Å². The highest BCUT2D eigenvalue weighted by molar-refractivity contribution is 5.71. The summed E-state index contributed by atoms with van der Waals surface area (Å²) in [6.07, 6.45) is 4.10. The smallest absolute Gasteiger partial charge is 0.192 e. The van der Waals surface area contributed by atoms with Crippen molar-refractivity contribution in [2.45, 2.75) is 13.8 Å². The van der Waals surface area contributed by atoms with E-state index in [0.717, 1.165) is 22.5 Å². The third-order valence-corrected chi connectivity index (χ3v) is 2.48. The molecule has 0 spiro atoms. The fraction of sp³-hybridized carbons (Fsp3) is 0.385. The van der Waals surface area contributed by atoms with Crippen LogP contribution >= 0.6 is 0 Å². The molecule has 0 aliphatic rings. The molecule has 0 amide bonds. The molecule has 0 atom stereocenters. The van der Waals surface area contributed by atoms with Gasteiger partial charge >= 0.3 is 0 Å². The Morgan fingerprint density at radius 1 is 1.26 bits per heavy atom. The zero-order chi connectivity index (χ0) is 14.4. The van der Waals surface area contributed by atoms with Crippen LogP contribution in [0.5, 0.6) is 0 Å². The van der Waals surface area contributed by atoms with E-state index < -0.39 is 0 Å². The van der Waals surface area contributed by atoms with Gasteiger partial charge in [-0.3, -0.25) is 9.48 Å². The third-order valence-electron chi connectivity index (χ3n) is 2.48. The fourth-order valence-corrected chi connectivity index (χ4v) is 1.71. The number of aryl methyl sites for hydroxylation is 3. The SMILES string of the molecule is COC.Cc1cnn(C)c1-c1cnc(C=O)nc1C. The average molecular weight is 262 g/mol. The van der Waals surface area contributed by atoms with Gasteiger partial charge in [0.05, 0.1) is 17.6 Å². The van der Waals surface area contributed by atoms with Crippen molar-refractivity contribution in [3.8, 4) is 11.3 Å². The van der Waals surface area contributed by atoms with Gasteiger partial charge in [-0.05, 0) is 19.4 Å². The first-order valence-electron chi connectivity index (χ1n) is 5.73. The molecular weight excluding hydrogens is 244 g/mol. The Morgan fingerprint density at radius 2 is 1.89 bits per heavy atom. The molecule has 6 heteroatoms. The van der Waals surface area contributed by atoms with Crippen LogP contribution in [-0.4, -0.2) is 40.3 Å². The van der Waals surface area contributed by atoms with Crippen LogP contribution in [0, 0.1) is 13.8 Å². The minimum absolute atomic E-state index is 0.209. The first kappa shape index (κ1) is 15.0. The monoisotopic (exact) mass is 262 g/mol. The molecule has 0 N–H and O–H groups in total. The van der Waals surface area contributed by atoms with Gasteiger partial charge in [-0.25, -0.2) is 9.97 Å². The quantitative estimate of drug-likeness (QED) is 0.768. The minimum atomic E-state index is 0.209. The molecule has 0 aliphatic carbocycles. The Bertz CT molecular complexity index is 544. The zero-order valence-electron chi connectivity index (χ0n) is 11.8. The summed E-state index contributed by atoms with van der Waals surface area (Å²) in [7, 11) is 5.12. The van der Waals surface area contributed by atoms with E-state index in [9.17, 15) is 4.79 Å². The molecule has 0 bridgehead atoms. The maximum absolute atomic E-state index is 10.5. The van der Waals surface area contributed by atoms with Gasteiger partial charge in [-0.2, -0.15) is 5.10 Å². The molecule has 102 valence electrons. The van der Waals surface area contributed by atoms with E-state index in [4.69, 9.17) is 0 Å². The third kappa shape index (κ3) is 3.45. The van der Waals surface area contributed by atoms with Crippen molar-refractivity contribution in [2.75, 3.05) is 14.2 Å². The second-order valence-electron chi connectivity index (χ2n) is 4.05. The number of aldehydes is 1. The van der Waals surface area contributed by atoms with Crippen molar-refractivity contribution in [2.24, 2.45) is 7.05 Å². The summed E-state index contributed by atoms with van der Waals surface area (Å²) >= 11 is 0. The second-order valence-corrected chi connectivity index (χ2v) is 4.05. The summed E-state index contributed by atoms with van der Waals surface area (Å²) in [5.74, 6) is 0.209. The second kappa shape index (κ2) is 6.75. The van der Waals surface area contributed by atoms with E-state index in [-0.39, 0.29) is 5.82 Å². The highest BCUT2D eigenvalue weighted by Crippen LogP contribution is 2.23. The van der Waals surface area contributed by atoms with Gasteiger partial charge in [0.1, 0.15) is 0 Å². The molecule has 0 saturated carbocycles. The number of carbonyl (C=O) groups is 1. The predicted octanol–water partition coefficient (Wildman–Crippen LogP) is 1.57. The predicted molar refractivity (Wildman–Crippen MR) is 72.0 cm³/mol. The van der Waals surface area contributed by atoms with E-state index in [0.29, 0.717) is 6.29 Å². The summed E-state index contributed by atoms with van der Waals surface area (Å²) in [4.78, 5) is 18.6. The summed E-state index contributed by atoms with van der Waals surface area (Å²) in [5.41, 5.74) is 3.73. The summed E-state index contributed by atoms with van der Waals surface area (Å²) in [6, 6.07) is 0. The first-order chi connectivity index (χ1) is 9.04. The van der Waals surface area contributed by atoms with E-state index in [1.807, 2.05) is 20.9 Å². The van der Waals surface area contributed by atoms with Gasteiger partial charge in [0.15, 0.2) is 12.1 Å². The van der Waals surface area contributed by atoms with Crippen LogP contribution in [0.1, 0.15) is 21.9 Å². The van der Waals surface area contributed by atoms with Gasteiger partial charge in [0, 0.05) is 33.0 Å². The van der Waals surface area contributed by atoms with Crippen molar-refractivity contribution in [3.63, 3.8) is 0 Å². The molecule has 2 rings (SSSR count). The number of rotatable bonds is 2. The molecule has 0 radical (unpaired) electrons. The number of hydrogen-bond acceptors (Lipinski definition) is 5. The lowest BCUT2D eigenvalue weighted by atomic mass is 10.1. The maximum atomic E-state index is 10.5. The lowest BCUT2D eigenvalue weighted by Gasteiger charge is -2.06. The molecule has 0 unspecified atom stereocenters. The highest BCUT2D eigenvalue weighted by atomic mass is 16.4. The normalized spacial score (nSPS) is 9.74. The van der Waals surface area contributed by atoms with Crippen LogP contribution in [0.3, 0.4) is 0 Å². The molecule has 2 aromatic rings. The minimum Gasteiger partial charge on any atom is -0.388 e. The van der Waals surface area contributed by atoms with Crippen LogP contribution in [0.4, 0.5) is 0 Å². The van der Waals surface area contributed by atoms with Crippen LogP contribution in [0.2, 0.25) is 0 Å². The number of ether oxygens (including phenoxy) is 1. The molecule has 0 fully saturated rings. The van der Waals surface area contributed by atoms with Gasteiger partial charge < -0.3 is 4.74 Å². The van der Waals surface area contributed by atoms with Gasteiger partial charge in [-0.1, -0.05) is 0 Å². The van der Waals surface area contributed by atoms with Crippen LogP contribution < -0.4 is 0 Å². The van der Waals surface area contributed by atoms with Crippen molar-refractivity contribution in [1.29, 1.82) is 0 Å². The number of aromatic nitrogens is 4. The number of nitrogens with zero attached hydrogens (tertiary/aromatic N) is 4. The number of hydrogen-bond donors (Lipinski definition) is 0. The zero-order valence-corrected chi connectivity index (χ0v) is 11.8. The van der Waals surface area contributed by atoms with E-state index in [1.54, 1.807) is 31.3 Å². The van der Waals surface area contributed by atoms with Crippen molar-refractivity contribution < 1.29 is 9.53 Å². The molecule has 6 nitrogen and oxygen atoms in total. The Hall–Kier alpha value is -2.08. The summed E-state index contributed by atoms with van der Waals surface area (Å²) < 4.78 is 6.03. The van der Waals surface area contributed by atoms with Crippen LogP contribution in [-0.2, 0) is 11.8 Å². The Morgan fingerprint density at radius 3 is 2.32 bits per heavy atom. The number of methoxy groups -OCH3 is 1. The lowest BCUT2D eigenvalue weighted by molar-refractivity contribution is 0.111. The number of carbonyl (C=O) groups excluding carboxylic acids is 1. The average Bonchev–Trinajstić information content (AvgIpc) is 2.70. The van der Waals surface area contributed by atoms with Gasteiger partial charge in [-0.15, -0.1) is 0 Å². The van der Waals surface area contributed by atoms with Crippen molar-refractivity contribution in [1.82, 2.24) is 19.7 Å². The van der Waals surface area contributed by atoms with Gasteiger partial charge in [0.25, 0.3) is 0 Å². The highest BCUT2D eigenvalue weighted by Gasteiger charge is 2.11. The lowest BCUT2D eigenvalue weighted by Crippen LogP contribution is -2.01. The molecule has 0 aromatic carbocycles. The molecule has 19 heavy (non-hydrogen) atoms. The maximum Gasteiger partial charge on any atom is 0.192 e. The fourth-order valence-electron chi connectivity index (χ4n) is 1.71. The molecule has 0 aliphatic heterocycles. The van der Waals surface area contributed by atoms with E-state index in [1.165, 1.54) is 0 Å². The Balaban J connectivity index is 0.000000550.